The molecule has 0 spiro atoms. The molecule has 5 N–H and O–H groups in total. The van der Waals surface area contributed by atoms with E-state index >= 15 is 0 Å². The van der Waals surface area contributed by atoms with Crippen LogP contribution in [0.5, 0.6) is 0 Å². The van der Waals surface area contributed by atoms with Crippen LogP contribution >= 0.6 is 23.4 Å². The second-order valence-electron chi connectivity index (χ2n) is 7.54. The zero-order chi connectivity index (χ0) is 20.4. The lowest BCUT2D eigenvalue weighted by Gasteiger charge is -2.44. The van der Waals surface area contributed by atoms with Gasteiger partial charge in [-0.05, 0) is 19.6 Å². The number of nitrogens with one attached hydrogen (secondary N) is 2. The summed E-state index contributed by atoms with van der Waals surface area (Å²) in [7, 11) is 0. The molecule has 1 amide bonds. The third kappa shape index (κ3) is 4.52. The van der Waals surface area contributed by atoms with Crippen molar-refractivity contribution in [2.24, 2.45) is 5.92 Å². The number of ether oxygens (including phenoxy) is 2. The van der Waals surface area contributed by atoms with Gasteiger partial charge in [0.1, 0.15) is 35.9 Å². The molecule has 0 aromatic carbocycles. The highest BCUT2D eigenvalue weighted by atomic mass is 35.5. The highest BCUT2D eigenvalue weighted by Gasteiger charge is 2.49. The number of alkyl halides is 1. The summed E-state index contributed by atoms with van der Waals surface area (Å²) >= 11 is 7.53. The highest BCUT2D eigenvalue weighted by Crippen LogP contribution is 2.31. The number of aliphatic hydroxyl groups excluding tert-OH is 3. The molecule has 3 aliphatic rings. The summed E-state index contributed by atoms with van der Waals surface area (Å²) in [5.74, 6) is -0.0697. The Labute approximate surface area is 174 Å². The van der Waals surface area contributed by atoms with Crippen molar-refractivity contribution < 1.29 is 29.6 Å². The second kappa shape index (κ2) is 9.61. The fourth-order valence-electron chi connectivity index (χ4n) is 4.06. The third-order valence-corrected chi connectivity index (χ3v) is 6.79. The molecule has 10 heteroatoms. The number of carbonyl (C=O) groups excluding carboxylic acids is 1. The maximum atomic E-state index is 13.0. The number of rotatable bonds is 5. The average Bonchev–Trinajstić information content (AvgIpc) is 2.93. The van der Waals surface area contributed by atoms with Crippen LogP contribution in [0.3, 0.4) is 0 Å². The maximum Gasteiger partial charge on any atom is 0.240 e. The quantitative estimate of drug-likeness (QED) is 0.281. The van der Waals surface area contributed by atoms with Crippen molar-refractivity contribution in [1.29, 1.82) is 0 Å². The van der Waals surface area contributed by atoms with E-state index in [2.05, 4.69) is 16.7 Å². The lowest BCUT2D eigenvalue weighted by Crippen LogP contribution is -2.65. The minimum Gasteiger partial charge on any atom is -0.388 e. The van der Waals surface area contributed by atoms with Crippen LogP contribution in [0.4, 0.5) is 0 Å². The number of carbonyl (C=O) groups is 1. The van der Waals surface area contributed by atoms with Gasteiger partial charge < -0.3 is 35.4 Å². The van der Waals surface area contributed by atoms with E-state index in [1.54, 1.807) is 13.2 Å². The lowest BCUT2D eigenvalue weighted by atomic mass is 9.92. The molecule has 0 radical (unpaired) electrons. The molecule has 0 bridgehead atoms. The normalized spacial score (nSPS) is 43.1. The fourth-order valence-corrected chi connectivity index (χ4v) is 4.94. The van der Waals surface area contributed by atoms with Crippen LogP contribution in [0, 0.1) is 5.92 Å². The van der Waals surface area contributed by atoms with Gasteiger partial charge in [0.05, 0.1) is 24.1 Å². The fraction of sp³-hybridized carbons (Fsp3) is 0.833. The SMILES string of the molecule is CSC1O[C@H]([C@H](NC(=O)[C@H]2NC[C@@H]3CC=CCO[C@@H]32)[C@H](C)Cl)C(O)C(O)[C@H]1O. The van der Waals surface area contributed by atoms with Crippen LogP contribution in [0.1, 0.15) is 13.3 Å². The molecule has 3 aliphatic heterocycles. The van der Waals surface area contributed by atoms with Gasteiger partial charge in [0, 0.05) is 12.5 Å². The van der Waals surface area contributed by atoms with Gasteiger partial charge in [-0.2, -0.15) is 0 Å². The molecular weight excluding hydrogens is 408 g/mol. The topological polar surface area (TPSA) is 120 Å². The number of allylic oxidation sites excluding steroid dienone is 1. The predicted molar refractivity (Wildman–Crippen MR) is 106 cm³/mol. The van der Waals surface area contributed by atoms with Crippen molar-refractivity contribution in [2.45, 2.75) is 66.8 Å². The smallest absolute Gasteiger partial charge is 0.240 e. The van der Waals surface area contributed by atoms with Gasteiger partial charge in [0.2, 0.25) is 5.91 Å². The maximum absolute atomic E-state index is 13.0. The van der Waals surface area contributed by atoms with E-state index < -0.39 is 47.3 Å². The standard InChI is InChI=1S/C18H29ClN2O6S/c1-8(19)10(16-13(23)12(22)14(24)18(27-16)28-2)21-17(25)11-15-9(7-20-11)5-3-4-6-26-15/h3-4,8-16,18,20,22-24H,5-7H2,1-2H3,(H,21,25)/t8-,9-,10+,11-,12?,13?,14+,15-,16+,18?/m0/s1. The molecule has 0 aliphatic carbocycles. The van der Waals surface area contributed by atoms with E-state index in [0.717, 1.165) is 6.42 Å². The summed E-state index contributed by atoms with van der Waals surface area (Å²) in [5.41, 5.74) is -0.733. The number of amides is 1. The Kier molecular flexibility index (Phi) is 7.66. The first-order valence-corrected chi connectivity index (χ1v) is 11.2. The third-order valence-electron chi connectivity index (χ3n) is 5.66. The first-order chi connectivity index (χ1) is 13.3. The van der Waals surface area contributed by atoms with Crippen LogP contribution in [-0.4, -0.2) is 94.1 Å². The molecule has 8 nitrogen and oxygen atoms in total. The molecule has 2 fully saturated rings. The Bertz CT molecular complexity index is 580. The molecule has 0 aromatic heterocycles. The molecule has 0 aromatic rings. The van der Waals surface area contributed by atoms with Crippen molar-refractivity contribution in [2.75, 3.05) is 19.4 Å². The minimum atomic E-state index is -1.39. The van der Waals surface area contributed by atoms with Crippen LogP contribution in [0.15, 0.2) is 12.2 Å². The van der Waals surface area contributed by atoms with Gasteiger partial charge in [-0.25, -0.2) is 0 Å². The van der Waals surface area contributed by atoms with Crippen molar-refractivity contribution in [1.82, 2.24) is 10.6 Å². The Morgan fingerprint density at radius 1 is 1.29 bits per heavy atom. The Balaban J connectivity index is 1.71. The lowest BCUT2D eigenvalue weighted by molar-refractivity contribution is -0.205. The van der Waals surface area contributed by atoms with Crippen LogP contribution in [0.2, 0.25) is 0 Å². The monoisotopic (exact) mass is 436 g/mol. The molecule has 0 saturated carbocycles. The summed E-state index contributed by atoms with van der Waals surface area (Å²) in [6.45, 7) is 2.83. The number of fused-ring (bicyclic) bond motifs is 1. The summed E-state index contributed by atoms with van der Waals surface area (Å²) in [6.07, 6.45) is 1.39. The molecule has 3 rings (SSSR count). The number of hydrogen-bond acceptors (Lipinski definition) is 8. The zero-order valence-electron chi connectivity index (χ0n) is 15.9. The summed E-state index contributed by atoms with van der Waals surface area (Å²) in [5, 5.41) is 36.2. The van der Waals surface area contributed by atoms with E-state index in [1.807, 2.05) is 6.08 Å². The van der Waals surface area contributed by atoms with E-state index in [-0.39, 0.29) is 17.9 Å². The Hall–Kier alpha value is -0.390. The zero-order valence-corrected chi connectivity index (χ0v) is 17.5. The molecule has 28 heavy (non-hydrogen) atoms. The van der Waals surface area contributed by atoms with Crippen molar-refractivity contribution >= 4 is 29.3 Å². The second-order valence-corrected chi connectivity index (χ2v) is 9.16. The summed E-state index contributed by atoms with van der Waals surface area (Å²) in [4.78, 5) is 13.0. The number of hydrogen-bond donors (Lipinski definition) is 5. The number of thioether (sulfide) groups is 1. The summed E-state index contributed by atoms with van der Waals surface area (Å²) < 4.78 is 11.6. The largest absolute Gasteiger partial charge is 0.388 e. The van der Waals surface area contributed by atoms with Gasteiger partial charge in [-0.15, -0.1) is 23.4 Å². The first-order valence-electron chi connectivity index (χ1n) is 9.52. The number of aliphatic hydroxyl groups is 3. The van der Waals surface area contributed by atoms with Gasteiger partial charge in [-0.1, -0.05) is 12.2 Å². The Morgan fingerprint density at radius 2 is 2.04 bits per heavy atom. The molecular formula is C18H29ClN2O6S. The van der Waals surface area contributed by atoms with Crippen molar-refractivity contribution in [3.63, 3.8) is 0 Å². The Morgan fingerprint density at radius 3 is 2.71 bits per heavy atom. The van der Waals surface area contributed by atoms with Crippen LogP contribution in [-0.2, 0) is 14.3 Å². The predicted octanol–water partition coefficient (Wildman–Crippen LogP) is -0.798. The van der Waals surface area contributed by atoms with E-state index in [0.29, 0.717) is 13.2 Å². The number of halogens is 1. The molecule has 2 saturated heterocycles. The van der Waals surface area contributed by atoms with Crippen LogP contribution < -0.4 is 10.6 Å². The minimum absolute atomic E-state index is 0.218. The molecule has 10 atom stereocenters. The molecule has 160 valence electrons. The van der Waals surface area contributed by atoms with Crippen molar-refractivity contribution in [3.05, 3.63) is 12.2 Å². The van der Waals surface area contributed by atoms with Crippen molar-refractivity contribution in [3.8, 4) is 0 Å². The highest BCUT2D eigenvalue weighted by molar-refractivity contribution is 7.99. The van der Waals surface area contributed by atoms with E-state index in [9.17, 15) is 20.1 Å². The van der Waals surface area contributed by atoms with Crippen LogP contribution in [0.25, 0.3) is 0 Å². The molecule has 3 unspecified atom stereocenters. The van der Waals surface area contributed by atoms with Gasteiger partial charge >= 0.3 is 0 Å². The molecule has 3 heterocycles. The van der Waals surface area contributed by atoms with E-state index in [1.165, 1.54) is 11.8 Å². The first kappa shape index (κ1) is 22.3. The average molecular weight is 437 g/mol. The van der Waals surface area contributed by atoms with Gasteiger partial charge in [0.15, 0.2) is 0 Å². The van der Waals surface area contributed by atoms with Gasteiger partial charge in [0.25, 0.3) is 0 Å². The summed E-state index contributed by atoms with van der Waals surface area (Å²) in [6, 6.07) is -1.29. The van der Waals surface area contributed by atoms with Gasteiger partial charge in [-0.3, -0.25) is 4.79 Å². The van der Waals surface area contributed by atoms with E-state index in [4.69, 9.17) is 21.1 Å².